The fraction of sp³-hybridized carbons (Fsp3) is 0.238. The van der Waals surface area contributed by atoms with Crippen molar-refractivity contribution >= 4 is 50.5 Å². The van der Waals surface area contributed by atoms with E-state index in [1.807, 2.05) is 18.2 Å². The van der Waals surface area contributed by atoms with Gasteiger partial charge in [0, 0.05) is 12.2 Å². The molecular weight excluding hydrogens is 459 g/mol. The van der Waals surface area contributed by atoms with Gasteiger partial charge in [-0.3, -0.25) is 13.8 Å². The van der Waals surface area contributed by atoms with Gasteiger partial charge in [0.2, 0.25) is 5.91 Å². The normalized spacial score (nSPS) is 13.4. The topological polar surface area (TPSA) is 84.3 Å². The van der Waals surface area contributed by atoms with Crippen LogP contribution in [-0.4, -0.2) is 30.7 Å². The molecule has 4 rings (SSSR count). The lowest BCUT2D eigenvalue weighted by Crippen LogP contribution is -2.30. The highest BCUT2D eigenvalue weighted by molar-refractivity contribution is 7.93. The van der Waals surface area contributed by atoms with Crippen LogP contribution in [0.15, 0.2) is 47.4 Å². The lowest BCUT2D eigenvalue weighted by atomic mass is 10.2. The standard InChI is InChI=1S/C21H20Cl2N4O3S/c1-13-21(31(29,30)27-10-9-15-5-3-4-6-19(15)27)14(2)26(25-13)12-20(28)24-16-7-8-17(22)18(23)11-16/h3-8,11H,9-10,12H2,1-2H3,(H,24,28). The minimum absolute atomic E-state index is 0.131. The molecule has 0 saturated heterocycles. The summed E-state index contributed by atoms with van der Waals surface area (Å²) >= 11 is 11.9. The third-order valence-electron chi connectivity index (χ3n) is 5.20. The number of hydrogen-bond acceptors (Lipinski definition) is 4. The smallest absolute Gasteiger partial charge is 0.268 e. The van der Waals surface area contributed by atoms with Crippen molar-refractivity contribution in [1.29, 1.82) is 0 Å². The van der Waals surface area contributed by atoms with Gasteiger partial charge in [-0.1, -0.05) is 41.4 Å². The number of para-hydroxylation sites is 1. The van der Waals surface area contributed by atoms with Crippen LogP contribution in [0.3, 0.4) is 0 Å². The molecule has 0 bridgehead atoms. The second-order valence-electron chi connectivity index (χ2n) is 7.29. The van der Waals surface area contributed by atoms with Gasteiger partial charge in [-0.05, 0) is 50.1 Å². The maximum absolute atomic E-state index is 13.4. The maximum Gasteiger partial charge on any atom is 0.268 e. The van der Waals surface area contributed by atoms with Crippen LogP contribution in [0.5, 0.6) is 0 Å². The predicted octanol–water partition coefficient (Wildman–Crippen LogP) is 4.20. The van der Waals surface area contributed by atoms with Crippen molar-refractivity contribution in [3.8, 4) is 0 Å². The van der Waals surface area contributed by atoms with Gasteiger partial charge in [0.05, 0.1) is 27.1 Å². The minimum Gasteiger partial charge on any atom is -0.324 e. The first-order valence-electron chi connectivity index (χ1n) is 9.58. The molecule has 7 nitrogen and oxygen atoms in total. The SMILES string of the molecule is Cc1nn(CC(=O)Nc2ccc(Cl)c(Cl)c2)c(C)c1S(=O)(=O)N1CCc2ccccc21. The Morgan fingerprint density at radius 1 is 1.13 bits per heavy atom. The van der Waals surface area contributed by atoms with Crippen molar-refractivity contribution in [3.05, 3.63) is 69.5 Å². The number of nitrogens with zero attached hydrogens (tertiary/aromatic N) is 3. The van der Waals surface area contributed by atoms with Crippen molar-refractivity contribution in [2.45, 2.75) is 31.7 Å². The van der Waals surface area contributed by atoms with E-state index < -0.39 is 10.0 Å². The van der Waals surface area contributed by atoms with Crippen LogP contribution < -0.4 is 9.62 Å². The van der Waals surface area contributed by atoms with Gasteiger partial charge in [0.15, 0.2) is 0 Å². The average molecular weight is 479 g/mol. The molecule has 0 radical (unpaired) electrons. The fourth-order valence-corrected chi connectivity index (χ4v) is 5.97. The van der Waals surface area contributed by atoms with Crippen LogP contribution in [0.2, 0.25) is 10.0 Å². The number of halogens is 2. The second kappa shape index (κ2) is 8.18. The minimum atomic E-state index is -3.81. The van der Waals surface area contributed by atoms with Gasteiger partial charge in [0.25, 0.3) is 10.0 Å². The van der Waals surface area contributed by atoms with E-state index in [0.717, 1.165) is 5.56 Å². The Morgan fingerprint density at radius 3 is 2.61 bits per heavy atom. The molecule has 2 aromatic carbocycles. The van der Waals surface area contributed by atoms with Crippen LogP contribution in [0, 0.1) is 13.8 Å². The number of rotatable bonds is 5. The Labute approximate surface area is 190 Å². The van der Waals surface area contributed by atoms with Gasteiger partial charge in [-0.2, -0.15) is 5.10 Å². The van der Waals surface area contributed by atoms with Gasteiger partial charge in [-0.25, -0.2) is 8.42 Å². The van der Waals surface area contributed by atoms with E-state index in [-0.39, 0.29) is 17.3 Å². The zero-order valence-corrected chi connectivity index (χ0v) is 19.2. The number of sulfonamides is 1. The van der Waals surface area contributed by atoms with Crippen LogP contribution in [0.25, 0.3) is 0 Å². The number of benzene rings is 2. The maximum atomic E-state index is 13.4. The number of amides is 1. The number of carbonyl (C=O) groups excluding carboxylic acids is 1. The molecule has 1 aliphatic heterocycles. The molecular formula is C21H20Cl2N4O3S. The summed E-state index contributed by atoms with van der Waals surface area (Å²) in [6, 6.07) is 12.2. The van der Waals surface area contributed by atoms with E-state index in [1.54, 1.807) is 38.1 Å². The van der Waals surface area contributed by atoms with Crippen LogP contribution in [0.1, 0.15) is 17.0 Å². The summed E-state index contributed by atoms with van der Waals surface area (Å²) < 4.78 is 29.7. The summed E-state index contributed by atoms with van der Waals surface area (Å²) in [5, 5.41) is 7.75. The first kappa shape index (κ1) is 21.7. The summed E-state index contributed by atoms with van der Waals surface area (Å²) in [5.74, 6) is -0.362. The Morgan fingerprint density at radius 2 is 1.87 bits per heavy atom. The summed E-state index contributed by atoms with van der Waals surface area (Å²) in [6.45, 7) is 3.53. The van der Waals surface area contributed by atoms with E-state index in [9.17, 15) is 13.2 Å². The fourth-order valence-electron chi connectivity index (χ4n) is 3.79. The molecule has 0 fully saturated rings. The molecule has 162 valence electrons. The van der Waals surface area contributed by atoms with E-state index in [2.05, 4.69) is 10.4 Å². The molecule has 1 amide bonds. The third-order valence-corrected chi connectivity index (χ3v) is 8.01. The summed E-state index contributed by atoms with van der Waals surface area (Å²) in [7, 11) is -3.81. The molecule has 10 heteroatoms. The van der Waals surface area contributed by atoms with E-state index in [1.165, 1.54) is 8.99 Å². The van der Waals surface area contributed by atoms with Crippen molar-refractivity contribution < 1.29 is 13.2 Å². The molecule has 0 saturated carbocycles. The average Bonchev–Trinajstić information content (AvgIpc) is 3.26. The molecule has 1 aliphatic rings. The molecule has 0 spiro atoms. The van der Waals surface area contributed by atoms with E-state index in [4.69, 9.17) is 23.2 Å². The molecule has 31 heavy (non-hydrogen) atoms. The number of anilines is 2. The van der Waals surface area contributed by atoms with Gasteiger partial charge in [0.1, 0.15) is 11.4 Å². The van der Waals surface area contributed by atoms with Gasteiger partial charge in [-0.15, -0.1) is 0 Å². The number of aryl methyl sites for hydroxylation is 1. The number of carbonyl (C=O) groups is 1. The molecule has 0 atom stereocenters. The van der Waals surface area contributed by atoms with E-state index >= 15 is 0 Å². The molecule has 1 N–H and O–H groups in total. The van der Waals surface area contributed by atoms with Crippen LogP contribution >= 0.6 is 23.2 Å². The highest BCUT2D eigenvalue weighted by Gasteiger charge is 2.35. The van der Waals surface area contributed by atoms with Crippen molar-refractivity contribution in [2.75, 3.05) is 16.2 Å². The molecule has 2 heterocycles. The number of aromatic nitrogens is 2. The zero-order chi connectivity index (χ0) is 22.3. The van der Waals surface area contributed by atoms with Crippen LogP contribution in [-0.2, 0) is 27.8 Å². The predicted molar refractivity (Wildman–Crippen MR) is 121 cm³/mol. The van der Waals surface area contributed by atoms with Crippen molar-refractivity contribution in [1.82, 2.24) is 9.78 Å². The Kier molecular flexibility index (Phi) is 5.72. The first-order chi connectivity index (χ1) is 14.7. The first-order valence-corrected chi connectivity index (χ1v) is 11.8. The lowest BCUT2D eigenvalue weighted by molar-refractivity contribution is -0.116. The molecule has 0 aliphatic carbocycles. The molecule has 1 aromatic heterocycles. The van der Waals surface area contributed by atoms with Crippen molar-refractivity contribution in [3.63, 3.8) is 0 Å². The summed E-state index contributed by atoms with van der Waals surface area (Å²) in [5.41, 5.74) is 2.93. The number of hydrogen-bond donors (Lipinski definition) is 1. The highest BCUT2D eigenvalue weighted by atomic mass is 35.5. The van der Waals surface area contributed by atoms with Gasteiger partial charge < -0.3 is 5.32 Å². The molecule has 0 unspecified atom stereocenters. The number of fused-ring (bicyclic) bond motifs is 1. The van der Waals surface area contributed by atoms with Gasteiger partial charge >= 0.3 is 0 Å². The quantitative estimate of drug-likeness (QED) is 0.595. The lowest BCUT2D eigenvalue weighted by Gasteiger charge is -2.19. The Hall–Kier alpha value is -2.55. The van der Waals surface area contributed by atoms with E-state index in [0.29, 0.717) is 45.8 Å². The summed E-state index contributed by atoms with van der Waals surface area (Å²) in [6.07, 6.45) is 0.660. The summed E-state index contributed by atoms with van der Waals surface area (Å²) in [4.78, 5) is 12.6. The highest BCUT2D eigenvalue weighted by Crippen LogP contribution is 2.34. The monoisotopic (exact) mass is 478 g/mol. The second-order valence-corrected chi connectivity index (χ2v) is 9.90. The number of nitrogens with one attached hydrogen (secondary N) is 1. The Bertz CT molecular complexity index is 1290. The van der Waals surface area contributed by atoms with Crippen LogP contribution in [0.4, 0.5) is 11.4 Å². The van der Waals surface area contributed by atoms with Crippen molar-refractivity contribution in [2.24, 2.45) is 0 Å². The largest absolute Gasteiger partial charge is 0.324 e. The zero-order valence-electron chi connectivity index (χ0n) is 16.9. The third kappa shape index (κ3) is 4.03. The molecule has 3 aromatic rings. The Balaban J connectivity index is 1.59.